The highest BCUT2D eigenvalue weighted by atomic mass is 16.3. The second kappa shape index (κ2) is 9.43. The molecule has 1 amide bonds. The minimum atomic E-state index is -0.558. The Kier molecular flexibility index (Phi) is 6.09. The number of aromatic nitrogens is 2. The van der Waals surface area contributed by atoms with Gasteiger partial charge in [0.15, 0.2) is 0 Å². The van der Waals surface area contributed by atoms with Crippen LogP contribution in [0.2, 0.25) is 0 Å². The molecule has 1 aliphatic heterocycles. The number of carbonyl (C=O) groups is 1. The Morgan fingerprint density at radius 2 is 1.95 bits per heavy atom. The predicted octanol–water partition coefficient (Wildman–Crippen LogP) is 5.22. The number of likely N-dealkylation sites (N-methyl/N-ethyl adjacent to an activating group) is 2. The molecule has 6 heteroatoms. The topological polar surface area (TPSA) is 72.5 Å². The molecule has 0 fully saturated rings. The maximum absolute atomic E-state index is 12.7. The lowest BCUT2D eigenvalue weighted by Gasteiger charge is -2.37. The fraction of sp³-hybridized carbons (Fsp3) is 0.355. The summed E-state index contributed by atoms with van der Waals surface area (Å²) in [6.45, 7) is 4.16. The molecule has 2 aliphatic rings. The molecule has 6 rings (SSSR count). The summed E-state index contributed by atoms with van der Waals surface area (Å²) in [5.41, 5.74) is 10.5. The monoisotopic (exact) mass is 494 g/mol. The van der Waals surface area contributed by atoms with Crippen LogP contribution in [-0.2, 0) is 13.0 Å². The number of rotatable bonds is 5. The molecular weight excluding hydrogens is 460 g/mol. The molecule has 2 aromatic carbocycles. The molecule has 4 aromatic rings. The van der Waals surface area contributed by atoms with Crippen LogP contribution in [-0.4, -0.2) is 64.1 Å². The van der Waals surface area contributed by atoms with Gasteiger partial charge in [-0.1, -0.05) is 18.2 Å². The maximum Gasteiger partial charge on any atom is 0.253 e. The summed E-state index contributed by atoms with van der Waals surface area (Å²) in [7, 11) is 3.94. The van der Waals surface area contributed by atoms with Crippen LogP contribution in [0.5, 0.6) is 0 Å². The molecule has 6 nitrogen and oxygen atoms in total. The minimum absolute atomic E-state index is 0.0976. The van der Waals surface area contributed by atoms with Crippen LogP contribution in [0.15, 0.2) is 54.9 Å². The van der Waals surface area contributed by atoms with E-state index < -0.39 is 6.10 Å². The molecule has 0 saturated heterocycles. The summed E-state index contributed by atoms with van der Waals surface area (Å²) in [4.78, 5) is 24.8. The SMILES string of the molecule is C[C@H](O)CN(C)C(=O)c1ccc(-c2c[nH]c3ncc(-c4cc5c6c(c4)CN(C)CC6CCC5)cc23)cc1. The lowest BCUT2D eigenvalue weighted by molar-refractivity contribution is 0.0703. The number of hydrogen-bond acceptors (Lipinski definition) is 4. The van der Waals surface area contributed by atoms with Gasteiger partial charge in [-0.15, -0.1) is 0 Å². The molecule has 1 unspecified atom stereocenters. The van der Waals surface area contributed by atoms with Gasteiger partial charge in [0.2, 0.25) is 0 Å². The third-order valence-corrected chi connectivity index (χ3v) is 7.92. The van der Waals surface area contributed by atoms with Crippen molar-refractivity contribution in [2.24, 2.45) is 0 Å². The van der Waals surface area contributed by atoms with Crippen LogP contribution in [0, 0.1) is 0 Å². The van der Waals surface area contributed by atoms with Gasteiger partial charge in [0.1, 0.15) is 5.65 Å². The summed E-state index contributed by atoms with van der Waals surface area (Å²) >= 11 is 0. The number of nitrogens with zero attached hydrogens (tertiary/aromatic N) is 3. The quantitative estimate of drug-likeness (QED) is 0.399. The van der Waals surface area contributed by atoms with Gasteiger partial charge in [0.25, 0.3) is 5.91 Å². The molecule has 0 radical (unpaired) electrons. The van der Waals surface area contributed by atoms with Crippen molar-refractivity contribution in [1.29, 1.82) is 0 Å². The largest absolute Gasteiger partial charge is 0.392 e. The average Bonchev–Trinajstić information content (AvgIpc) is 3.31. The Hall–Kier alpha value is -3.48. The van der Waals surface area contributed by atoms with E-state index in [9.17, 15) is 9.90 Å². The van der Waals surface area contributed by atoms with Crippen molar-refractivity contribution in [2.45, 2.75) is 44.8 Å². The Morgan fingerprint density at radius 3 is 2.73 bits per heavy atom. The number of aryl methyl sites for hydroxylation is 1. The molecule has 2 N–H and O–H groups in total. The minimum Gasteiger partial charge on any atom is -0.392 e. The number of aliphatic hydroxyl groups excluding tert-OH is 1. The first-order chi connectivity index (χ1) is 17.9. The van der Waals surface area contributed by atoms with Gasteiger partial charge < -0.3 is 19.9 Å². The van der Waals surface area contributed by atoms with E-state index in [0.29, 0.717) is 18.0 Å². The Labute approximate surface area is 217 Å². The van der Waals surface area contributed by atoms with Crippen molar-refractivity contribution in [3.8, 4) is 22.3 Å². The molecular formula is C31H34N4O2. The molecule has 37 heavy (non-hydrogen) atoms. The molecule has 2 aromatic heterocycles. The molecule has 0 spiro atoms. The third kappa shape index (κ3) is 4.45. The summed E-state index contributed by atoms with van der Waals surface area (Å²) in [6.07, 6.45) is 7.14. The second-order valence-corrected chi connectivity index (χ2v) is 10.9. The van der Waals surface area contributed by atoms with E-state index in [1.54, 1.807) is 24.4 Å². The highest BCUT2D eigenvalue weighted by molar-refractivity contribution is 5.98. The van der Waals surface area contributed by atoms with E-state index in [0.717, 1.165) is 34.3 Å². The average molecular weight is 495 g/mol. The first-order valence-corrected chi connectivity index (χ1v) is 13.2. The number of amides is 1. The number of aromatic amines is 1. The van der Waals surface area contributed by atoms with E-state index in [1.165, 1.54) is 42.5 Å². The predicted molar refractivity (Wildman–Crippen MR) is 148 cm³/mol. The van der Waals surface area contributed by atoms with Crippen LogP contribution < -0.4 is 0 Å². The van der Waals surface area contributed by atoms with Gasteiger partial charge >= 0.3 is 0 Å². The fourth-order valence-electron chi connectivity index (χ4n) is 6.30. The zero-order valence-electron chi connectivity index (χ0n) is 21.8. The van der Waals surface area contributed by atoms with Crippen LogP contribution in [0.25, 0.3) is 33.3 Å². The molecule has 190 valence electrons. The number of aliphatic hydroxyl groups is 1. The smallest absolute Gasteiger partial charge is 0.253 e. The van der Waals surface area contributed by atoms with Crippen LogP contribution >= 0.6 is 0 Å². The lowest BCUT2D eigenvalue weighted by atomic mass is 9.76. The number of benzene rings is 2. The van der Waals surface area contributed by atoms with Crippen LogP contribution in [0.3, 0.4) is 0 Å². The van der Waals surface area contributed by atoms with Crippen LogP contribution in [0.4, 0.5) is 0 Å². The van der Waals surface area contributed by atoms with Gasteiger partial charge in [-0.05, 0) is 91.2 Å². The van der Waals surface area contributed by atoms with Gasteiger partial charge in [-0.25, -0.2) is 4.98 Å². The fourth-order valence-corrected chi connectivity index (χ4v) is 6.30. The number of pyridine rings is 1. The summed E-state index contributed by atoms with van der Waals surface area (Å²) < 4.78 is 0. The molecule has 3 heterocycles. The zero-order chi connectivity index (χ0) is 25.7. The van der Waals surface area contributed by atoms with Crippen molar-refractivity contribution < 1.29 is 9.90 Å². The Balaban J connectivity index is 1.34. The van der Waals surface area contributed by atoms with Crippen molar-refractivity contribution >= 4 is 16.9 Å². The van der Waals surface area contributed by atoms with Gasteiger partial charge in [-0.3, -0.25) is 4.79 Å². The van der Waals surface area contributed by atoms with Gasteiger partial charge in [0.05, 0.1) is 6.10 Å². The lowest BCUT2D eigenvalue weighted by Crippen LogP contribution is -2.33. The van der Waals surface area contributed by atoms with Crippen molar-refractivity contribution in [1.82, 2.24) is 19.8 Å². The summed E-state index contributed by atoms with van der Waals surface area (Å²) in [5.74, 6) is 0.574. The highest BCUT2D eigenvalue weighted by Gasteiger charge is 2.29. The molecule has 2 atom stereocenters. The van der Waals surface area contributed by atoms with E-state index in [2.05, 4.69) is 35.1 Å². The zero-order valence-corrected chi connectivity index (χ0v) is 21.8. The first kappa shape index (κ1) is 23.9. The third-order valence-electron chi connectivity index (χ3n) is 7.92. The number of fused-ring (bicyclic) bond motifs is 1. The Morgan fingerprint density at radius 1 is 1.16 bits per heavy atom. The van der Waals surface area contributed by atoms with Crippen molar-refractivity contribution in [2.75, 3.05) is 27.2 Å². The second-order valence-electron chi connectivity index (χ2n) is 10.9. The Bertz CT molecular complexity index is 1470. The molecule has 0 saturated carbocycles. The van der Waals surface area contributed by atoms with Crippen molar-refractivity contribution in [3.05, 3.63) is 77.1 Å². The summed E-state index contributed by atoms with van der Waals surface area (Å²) in [6, 6.07) is 14.7. The van der Waals surface area contributed by atoms with Gasteiger partial charge in [0, 0.05) is 61.2 Å². The van der Waals surface area contributed by atoms with E-state index in [4.69, 9.17) is 4.98 Å². The molecule has 1 aliphatic carbocycles. The number of hydrogen-bond donors (Lipinski definition) is 2. The van der Waals surface area contributed by atoms with Gasteiger partial charge in [-0.2, -0.15) is 0 Å². The standard InChI is InChI=1S/C31H34N4O2/c1-19(36)16-35(3)31(37)21-9-7-20(8-10-21)28-15-33-30-27(28)13-25(14-32-30)24-11-22-5-4-6-23-17-34(2)18-26(12-24)29(22)23/h7-15,19,23,36H,4-6,16-18H2,1-3H3,(H,32,33)/t19-,23?/m0/s1. The van der Waals surface area contributed by atoms with Crippen molar-refractivity contribution in [3.63, 3.8) is 0 Å². The normalized spacial score (nSPS) is 18.0. The molecule has 0 bridgehead atoms. The maximum atomic E-state index is 12.7. The van der Waals surface area contributed by atoms with Crippen LogP contribution in [0.1, 0.15) is 52.7 Å². The summed E-state index contributed by atoms with van der Waals surface area (Å²) in [5, 5.41) is 10.7. The highest BCUT2D eigenvalue weighted by Crippen LogP contribution is 2.41. The van der Waals surface area contributed by atoms with E-state index in [1.807, 2.05) is 36.7 Å². The number of carbonyl (C=O) groups excluding carboxylic acids is 1. The number of H-pyrrole nitrogens is 1. The number of nitrogens with one attached hydrogen (secondary N) is 1. The van der Waals surface area contributed by atoms with E-state index in [-0.39, 0.29) is 5.91 Å². The first-order valence-electron chi connectivity index (χ1n) is 13.2. The van der Waals surface area contributed by atoms with E-state index >= 15 is 0 Å².